The molecule has 2 unspecified atom stereocenters. The fraction of sp³-hybridized carbons (Fsp3) is 0.655. The van der Waals surface area contributed by atoms with Gasteiger partial charge in [-0.15, -0.1) is 0 Å². The van der Waals surface area contributed by atoms with Gasteiger partial charge in [0.15, 0.2) is 5.90 Å². The second-order valence-electron chi connectivity index (χ2n) is 11.0. The Kier molecular flexibility index (Phi) is 7.85. The lowest BCUT2D eigenvalue weighted by Crippen LogP contribution is -2.39. The molecule has 1 amide bonds. The number of allylic oxidation sites excluding steroid dienone is 3. The molecule has 0 aromatic carbocycles. The number of nitrogens with zero attached hydrogens (tertiary/aromatic N) is 2. The van der Waals surface area contributed by atoms with E-state index in [1.165, 1.54) is 12.8 Å². The maximum atomic E-state index is 13.7. The van der Waals surface area contributed by atoms with E-state index < -0.39 is 0 Å². The highest BCUT2D eigenvalue weighted by Gasteiger charge is 2.36. The zero-order valence-corrected chi connectivity index (χ0v) is 22.1. The van der Waals surface area contributed by atoms with Gasteiger partial charge >= 0.3 is 0 Å². The van der Waals surface area contributed by atoms with Crippen molar-refractivity contribution in [3.8, 4) is 0 Å². The van der Waals surface area contributed by atoms with Crippen LogP contribution in [-0.2, 0) is 19.0 Å². The van der Waals surface area contributed by atoms with E-state index in [1.54, 1.807) is 0 Å². The Labute approximate surface area is 215 Å². The van der Waals surface area contributed by atoms with E-state index in [0.29, 0.717) is 24.5 Å². The fourth-order valence-corrected chi connectivity index (χ4v) is 5.11. The molecular formula is C29H41N3O4. The van der Waals surface area contributed by atoms with Gasteiger partial charge < -0.3 is 24.4 Å². The summed E-state index contributed by atoms with van der Waals surface area (Å²) in [4.78, 5) is 20.6. The molecule has 196 valence electrons. The Hall–Kier alpha value is -2.54. The summed E-state index contributed by atoms with van der Waals surface area (Å²) in [5.74, 6) is 2.81. The molecule has 5 rings (SSSR count). The minimum atomic E-state index is -0.0802. The highest BCUT2D eigenvalue weighted by Crippen LogP contribution is 2.37. The molecule has 2 atom stereocenters. The standard InChI is InChI=1S/C29H41N3O4/c1-19-5-14-27(35-17-22-7-8-22)26(32-15-4-16-34-18-32)13-11-24(19)29(33)31-28(23-9-10-23)25-12-6-20(2)36-21(3)30-25/h11-13,20,22-23,28H,4-10,14-18H2,1-3H3,(H,31,33). The molecule has 7 heteroatoms. The summed E-state index contributed by atoms with van der Waals surface area (Å²) in [6.07, 6.45) is 14.4. The summed E-state index contributed by atoms with van der Waals surface area (Å²) < 4.78 is 17.9. The van der Waals surface area contributed by atoms with E-state index in [1.807, 2.05) is 13.0 Å². The average Bonchev–Trinajstić information content (AvgIpc) is 3.75. The van der Waals surface area contributed by atoms with Crippen LogP contribution in [0, 0.1) is 11.8 Å². The molecule has 7 nitrogen and oxygen atoms in total. The van der Waals surface area contributed by atoms with E-state index in [2.05, 4.69) is 36.2 Å². The highest BCUT2D eigenvalue weighted by molar-refractivity contribution is 5.97. The predicted octanol–water partition coefficient (Wildman–Crippen LogP) is 4.98. The summed E-state index contributed by atoms with van der Waals surface area (Å²) in [6.45, 7) is 9.11. The number of rotatable bonds is 8. The van der Waals surface area contributed by atoms with Crippen LogP contribution >= 0.6 is 0 Å². The Morgan fingerprint density at radius 2 is 2.06 bits per heavy atom. The van der Waals surface area contributed by atoms with Crippen molar-refractivity contribution in [1.82, 2.24) is 10.2 Å². The third-order valence-electron chi connectivity index (χ3n) is 7.64. The van der Waals surface area contributed by atoms with Crippen LogP contribution in [0.2, 0.25) is 0 Å². The molecule has 2 aliphatic heterocycles. The number of hydrogen-bond acceptors (Lipinski definition) is 6. The van der Waals surface area contributed by atoms with Gasteiger partial charge in [-0.25, -0.2) is 4.99 Å². The van der Waals surface area contributed by atoms with Crippen LogP contribution in [0.15, 0.2) is 51.5 Å². The second-order valence-corrected chi connectivity index (χ2v) is 11.0. The molecule has 1 N–H and O–H groups in total. The van der Waals surface area contributed by atoms with Gasteiger partial charge in [0.1, 0.15) is 18.6 Å². The highest BCUT2D eigenvalue weighted by atomic mass is 16.5. The first-order chi connectivity index (χ1) is 17.5. The van der Waals surface area contributed by atoms with Crippen molar-refractivity contribution < 1.29 is 19.0 Å². The summed E-state index contributed by atoms with van der Waals surface area (Å²) in [5, 5.41) is 3.35. The van der Waals surface area contributed by atoms with E-state index in [-0.39, 0.29) is 18.1 Å². The van der Waals surface area contributed by atoms with Crippen LogP contribution in [0.3, 0.4) is 0 Å². The SMILES string of the molecule is CC1=NC(C(NC(=O)C2=C(C)CCC(OCC3CC3)=C(N3CCCOC3)C=C2)C2CC2)=CCC(C)O1. The quantitative estimate of drug-likeness (QED) is 0.514. The third-order valence-corrected chi connectivity index (χ3v) is 7.64. The molecular weight excluding hydrogens is 454 g/mol. The van der Waals surface area contributed by atoms with E-state index in [4.69, 9.17) is 19.2 Å². The van der Waals surface area contributed by atoms with Crippen molar-refractivity contribution in [2.24, 2.45) is 16.8 Å². The number of ether oxygens (including phenoxy) is 3. The largest absolute Gasteiger partial charge is 0.495 e. The number of carbonyl (C=O) groups excluding carboxylic acids is 1. The predicted molar refractivity (Wildman–Crippen MR) is 140 cm³/mol. The smallest absolute Gasteiger partial charge is 0.251 e. The minimum Gasteiger partial charge on any atom is -0.495 e. The van der Waals surface area contributed by atoms with Crippen molar-refractivity contribution >= 4 is 11.8 Å². The monoisotopic (exact) mass is 495 g/mol. The number of nitrogens with one attached hydrogen (secondary N) is 1. The fourth-order valence-electron chi connectivity index (χ4n) is 5.11. The lowest BCUT2D eigenvalue weighted by atomic mass is 9.98. The molecule has 3 aliphatic carbocycles. The molecule has 1 saturated heterocycles. The zero-order chi connectivity index (χ0) is 25.1. The third kappa shape index (κ3) is 6.41. The summed E-state index contributed by atoms with van der Waals surface area (Å²) >= 11 is 0. The molecule has 36 heavy (non-hydrogen) atoms. The molecule has 2 saturated carbocycles. The first-order valence-corrected chi connectivity index (χ1v) is 13.8. The first kappa shape index (κ1) is 25.1. The van der Waals surface area contributed by atoms with Gasteiger partial charge in [-0.3, -0.25) is 4.79 Å². The molecule has 2 heterocycles. The number of amides is 1. The van der Waals surface area contributed by atoms with E-state index >= 15 is 0 Å². The maximum Gasteiger partial charge on any atom is 0.251 e. The van der Waals surface area contributed by atoms with Gasteiger partial charge in [0, 0.05) is 31.9 Å². The van der Waals surface area contributed by atoms with Crippen LogP contribution in [0.5, 0.6) is 0 Å². The molecule has 0 aromatic rings. The van der Waals surface area contributed by atoms with Crippen molar-refractivity contribution in [3.05, 3.63) is 46.5 Å². The number of carbonyl (C=O) groups is 1. The molecule has 3 fully saturated rings. The Morgan fingerprint density at radius 3 is 2.78 bits per heavy atom. The van der Waals surface area contributed by atoms with Gasteiger partial charge in [0.2, 0.25) is 0 Å². The molecule has 0 aromatic heterocycles. The number of hydrogen-bond donors (Lipinski definition) is 1. The van der Waals surface area contributed by atoms with Gasteiger partial charge in [-0.05, 0) is 76.4 Å². The molecule has 0 bridgehead atoms. The zero-order valence-electron chi connectivity index (χ0n) is 22.1. The van der Waals surface area contributed by atoms with E-state index in [9.17, 15) is 4.79 Å². The maximum absolute atomic E-state index is 13.7. The normalized spacial score (nSPS) is 26.3. The van der Waals surface area contributed by atoms with Crippen molar-refractivity contribution in [3.63, 3.8) is 0 Å². The van der Waals surface area contributed by atoms with Gasteiger partial charge in [0.25, 0.3) is 5.91 Å². The van der Waals surface area contributed by atoms with Gasteiger partial charge in [0.05, 0.1) is 30.6 Å². The molecule has 0 radical (unpaired) electrons. The first-order valence-electron chi connectivity index (χ1n) is 13.8. The molecule has 5 aliphatic rings. The van der Waals surface area contributed by atoms with Crippen LogP contribution < -0.4 is 5.32 Å². The van der Waals surface area contributed by atoms with Crippen molar-refractivity contribution in [2.75, 3.05) is 26.5 Å². The summed E-state index contributed by atoms with van der Waals surface area (Å²) in [6, 6.07) is -0.0802. The van der Waals surface area contributed by atoms with Crippen molar-refractivity contribution in [1.29, 1.82) is 0 Å². The van der Waals surface area contributed by atoms with Crippen LogP contribution in [-0.4, -0.2) is 55.3 Å². The lowest BCUT2D eigenvalue weighted by molar-refractivity contribution is -0.117. The van der Waals surface area contributed by atoms with Crippen LogP contribution in [0.1, 0.15) is 72.1 Å². The Bertz CT molecular complexity index is 994. The molecule has 0 spiro atoms. The summed E-state index contributed by atoms with van der Waals surface area (Å²) in [7, 11) is 0. The lowest BCUT2D eigenvalue weighted by Gasteiger charge is -2.32. The van der Waals surface area contributed by atoms with Crippen molar-refractivity contribution in [2.45, 2.75) is 84.3 Å². The average molecular weight is 496 g/mol. The topological polar surface area (TPSA) is 72.4 Å². The van der Waals surface area contributed by atoms with Crippen LogP contribution in [0.4, 0.5) is 0 Å². The second kappa shape index (κ2) is 11.2. The van der Waals surface area contributed by atoms with Gasteiger partial charge in [-0.1, -0.05) is 11.6 Å². The summed E-state index contributed by atoms with van der Waals surface area (Å²) in [5.41, 5.74) is 3.83. The van der Waals surface area contributed by atoms with Gasteiger partial charge in [-0.2, -0.15) is 0 Å². The minimum absolute atomic E-state index is 0.0239. The van der Waals surface area contributed by atoms with E-state index in [0.717, 1.165) is 86.6 Å². The Balaban J connectivity index is 1.36. The van der Waals surface area contributed by atoms with Crippen LogP contribution in [0.25, 0.3) is 0 Å². The Morgan fingerprint density at radius 1 is 1.22 bits per heavy atom. The number of aliphatic imine (C=N–C) groups is 1.